The van der Waals surface area contributed by atoms with Crippen molar-refractivity contribution in [2.45, 2.75) is 19.8 Å². The van der Waals surface area contributed by atoms with E-state index in [1.807, 2.05) is 43.3 Å². The van der Waals surface area contributed by atoms with Gasteiger partial charge in [-0.1, -0.05) is 12.1 Å². The Hall–Kier alpha value is -2.95. The van der Waals surface area contributed by atoms with E-state index in [1.165, 1.54) is 18.9 Å². The average Bonchev–Trinajstić information content (AvgIpc) is 3.22. The first kappa shape index (κ1) is 18.8. The summed E-state index contributed by atoms with van der Waals surface area (Å²) < 4.78 is 10.8. The summed E-state index contributed by atoms with van der Waals surface area (Å²) >= 11 is 0. The molecule has 1 amide bonds. The Balaban J connectivity index is 1.65. The van der Waals surface area contributed by atoms with Gasteiger partial charge in [-0.05, 0) is 61.7 Å². The van der Waals surface area contributed by atoms with Crippen LogP contribution in [0.1, 0.15) is 25.3 Å². The number of rotatable bonds is 7. The maximum Gasteiger partial charge on any atom is 0.248 e. The third kappa shape index (κ3) is 5.03. The van der Waals surface area contributed by atoms with Gasteiger partial charge in [0.2, 0.25) is 5.91 Å². The van der Waals surface area contributed by atoms with Crippen LogP contribution in [0.5, 0.6) is 11.5 Å². The van der Waals surface area contributed by atoms with E-state index in [4.69, 9.17) is 9.47 Å². The number of nitrogens with one attached hydrogen (secondary N) is 1. The average molecular weight is 366 g/mol. The lowest BCUT2D eigenvalue weighted by atomic mass is 10.2. The first-order valence-electron chi connectivity index (χ1n) is 9.34. The van der Waals surface area contributed by atoms with E-state index in [-0.39, 0.29) is 5.91 Å². The highest BCUT2D eigenvalue weighted by atomic mass is 16.5. The molecule has 27 heavy (non-hydrogen) atoms. The van der Waals surface area contributed by atoms with Crippen molar-refractivity contribution in [3.05, 3.63) is 54.1 Å². The molecule has 5 nitrogen and oxygen atoms in total. The van der Waals surface area contributed by atoms with Gasteiger partial charge in [-0.15, -0.1) is 0 Å². The molecule has 1 saturated heterocycles. The van der Waals surface area contributed by atoms with E-state index in [2.05, 4.69) is 16.3 Å². The molecule has 0 saturated carbocycles. The molecule has 1 fully saturated rings. The van der Waals surface area contributed by atoms with Crippen LogP contribution in [0, 0.1) is 0 Å². The number of hydrogen-bond acceptors (Lipinski definition) is 4. The molecule has 1 aliphatic rings. The first-order chi connectivity index (χ1) is 13.2. The van der Waals surface area contributed by atoms with Gasteiger partial charge in [-0.25, -0.2) is 0 Å². The summed E-state index contributed by atoms with van der Waals surface area (Å²) in [5, 5.41) is 2.93. The van der Waals surface area contributed by atoms with Crippen LogP contribution < -0.4 is 19.7 Å². The third-order valence-electron chi connectivity index (χ3n) is 4.50. The van der Waals surface area contributed by atoms with Gasteiger partial charge in [-0.3, -0.25) is 4.79 Å². The molecule has 0 spiro atoms. The van der Waals surface area contributed by atoms with Crippen LogP contribution in [0.2, 0.25) is 0 Å². The van der Waals surface area contributed by atoms with Crippen LogP contribution in [0.25, 0.3) is 6.08 Å². The largest absolute Gasteiger partial charge is 0.493 e. The molecule has 0 atom stereocenters. The van der Waals surface area contributed by atoms with Crippen LogP contribution >= 0.6 is 0 Å². The molecule has 2 aromatic carbocycles. The molecule has 1 heterocycles. The highest BCUT2D eigenvalue weighted by molar-refractivity contribution is 6.02. The quantitative estimate of drug-likeness (QED) is 0.741. The van der Waals surface area contributed by atoms with Crippen molar-refractivity contribution in [3.63, 3.8) is 0 Å². The molecule has 2 aromatic rings. The molecular formula is C22H26N2O3. The normalized spacial score (nSPS) is 13.8. The molecular weight excluding hydrogens is 340 g/mol. The maximum absolute atomic E-state index is 12.3. The SMILES string of the molecule is CCOc1cc(/C=C/C(=O)Nc2cccc(N3CCCC3)c2)ccc1OC. The molecule has 1 aliphatic heterocycles. The van der Waals surface area contributed by atoms with Crippen molar-refractivity contribution in [2.75, 3.05) is 37.0 Å². The lowest BCUT2D eigenvalue weighted by Crippen LogP contribution is -2.17. The maximum atomic E-state index is 12.3. The van der Waals surface area contributed by atoms with Crippen molar-refractivity contribution in [1.82, 2.24) is 0 Å². The van der Waals surface area contributed by atoms with Gasteiger partial charge in [0, 0.05) is 30.5 Å². The summed E-state index contributed by atoms with van der Waals surface area (Å²) in [7, 11) is 1.61. The molecule has 1 N–H and O–H groups in total. The van der Waals surface area contributed by atoms with Gasteiger partial charge in [0.25, 0.3) is 0 Å². The van der Waals surface area contributed by atoms with E-state index in [0.717, 1.165) is 30.0 Å². The minimum absolute atomic E-state index is 0.164. The van der Waals surface area contributed by atoms with E-state index >= 15 is 0 Å². The zero-order chi connectivity index (χ0) is 19.1. The van der Waals surface area contributed by atoms with Gasteiger partial charge < -0.3 is 19.7 Å². The van der Waals surface area contributed by atoms with E-state index < -0.39 is 0 Å². The zero-order valence-electron chi connectivity index (χ0n) is 15.9. The van der Waals surface area contributed by atoms with E-state index in [1.54, 1.807) is 13.2 Å². The van der Waals surface area contributed by atoms with Crippen molar-refractivity contribution >= 4 is 23.4 Å². The molecule has 0 aliphatic carbocycles. The number of carbonyl (C=O) groups is 1. The van der Waals surface area contributed by atoms with Gasteiger partial charge in [0.05, 0.1) is 13.7 Å². The van der Waals surface area contributed by atoms with Crippen LogP contribution in [0.4, 0.5) is 11.4 Å². The Kier molecular flexibility index (Phi) is 6.36. The number of nitrogens with zero attached hydrogens (tertiary/aromatic N) is 1. The molecule has 0 radical (unpaired) electrons. The fraction of sp³-hybridized carbons (Fsp3) is 0.318. The summed E-state index contributed by atoms with van der Waals surface area (Å²) in [5.41, 5.74) is 2.84. The van der Waals surface area contributed by atoms with Crippen molar-refractivity contribution in [3.8, 4) is 11.5 Å². The lowest BCUT2D eigenvalue weighted by Gasteiger charge is -2.18. The number of carbonyl (C=O) groups excluding carboxylic acids is 1. The molecule has 142 valence electrons. The number of hydrogen-bond donors (Lipinski definition) is 1. The Morgan fingerprint density at radius 2 is 1.96 bits per heavy atom. The smallest absolute Gasteiger partial charge is 0.248 e. The molecule has 5 heteroatoms. The molecule has 0 bridgehead atoms. The second-order valence-electron chi connectivity index (χ2n) is 6.41. The molecule has 0 aromatic heterocycles. The van der Waals surface area contributed by atoms with Crippen molar-refractivity contribution in [2.24, 2.45) is 0 Å². The van der Waals surface area contributed by atoms with E-state index in [9.17, 15) is 4.79 Å². The Bertz CT molecular complexity index is 811. The Labute approximate surface area is 160 Å². The zero-order valence-corrected chi connectivity index (χ0v) is 15.9. The van der Waals surface area contributed by atoms with Crippen LogP contribution in [-0.2, 0) is 4.79 Å². The van der Waals surface area contributed by atoms with E-state index in [0.29, 0.717) is 18.1 Å². The standard InChI is InChI=1S/C22H26N2O3/c1-3-27-21-15-17(9-11-20(21)26-2)10-12-22(25)23-18-7-6-8-19(16-18)24-13-4-5-14-24/h6-12,15-16H,3-5,13-14H2,1-2H3,(H,23,25)/b12-10+. The monoisotopic (exact) mass is 366 g/mol. The number of benzene rings is 2. The Morgan fingerprint density at radius 3 is 2.70 bits per heavy atom. The topological polar surface area (TPSA) is 50.8 Å². The number of ether oxygens (including phenoxy) is 2. The van der Waals surface area contributed by atoms with Crippen LogP contribution in [-0.4, -0.2) is 32.7 Å². The fourth-order valence-electron chi connectivity index (χ4n) is 3.18. The molecule has 3 rings (SSSR count). The summed E-state index contributed by atoms with van der Waals surface area (Å²) in [4.78, 5) is 14.6. The van der Waals surface area contributed by atoms with Gasteiger partial charge in [-0.2, -0.15) is 0 Å². The highest BCUT2D eigenvalue weighted by Crippen LogP contribution is 2.28. The summed E-state index contributed by atoms with van der Waals surface area (Å²) in [6.07, 6.45) is 5.75. The summed E-state index contributed by atoms with van der Waals surface area (Å²) in [6, 6.07) is 13.6. The minimum atomic E-state index is -0.164. The predicted octanol–water partition coefficient (Wildman–Crippen LogP) is 4.35. The van der Waals surface area contributed by atoms with Gasteiger partial charge in [0.15, 0.2) is 11.5 Å². The minimum Gasteiger partial charge on any atom is -0.493 e. The second kappa shape index (κ2) is 9.12. The van der Waals surface area contributed by atoms with Gasteiger partial charge in [0.1, 0.15) is 0 Å². The fourth-order valence-corrected chi connectivity index (χ4v) is 3.18. The van der Waals surface area contributed by atoms with Crippen molar-refractivity contribution < 1.29 is 14.3 Å². The highest BCUT2D eigenvalue weighted by Gasteiger charge is 2.12. The van der Waals surface area contributed by atoms with Crippen molar-refractivity contribution in [1.29, 1.82) is 0 Å². The first-order valence-corrected chi connectivity index (χ1v) is 9.34. The van der Waals surface area contributed by atoms with Crippen LogP contribution in [0.3, 0.4) is 0 Å². The Morgan fingerprint density at radius 1 is 1.15 bits per heavy atom. The number of anilines is 2. The number of methoxy groups -OCH3 is 1. The summed E-state index contributed by atoms with van der Waals surface area (Å²) in [6.45, 7) is 4.64. The summed E-state index contributed by atoms with van der Waals surface area (Å²) in [5.74, 6) is 1.18. The number of amides is 1. The van der Waals surface area contributed by atoms with Crippen LogP contribution in [0.15, 0.2) is 48.5 Å². The predicted molar refractivity (Wildman–Crippen MR) is 110 cm³/mol. The van der Waals surface area contributed by atoms with Gasteiger partial charge >= 0.3 is 0 Å². The second-order valence-corrected chi connectivity index (χ2v) is 6.41. The third-order valence-corrected chi connectivity index (χ3v) is 4.50. The lowest BCUT2D eigenvalue weighted by molar-refractivity contribution is -0.111. The molecule has 0 unspecified atom stereocenters.